The summed E-state index contributed by atoms with van der Waals surface area (Å²) in [6.07, 6.45) is 1.07. The van der Waals surface area contributed by atoms with E-state index in [1.165, 1.54) is 11.1 Å². The average Bonchev–Trinajstić information content (AvgIpc) is 2.45. The van der Waals surface area contributed by atoms with E-state index in [0.29, 0.717) is 11.8 Å². The standard InChI is InChI=1S/C17H21NO/c1-3-14-7-9-16(10-8-14)13(2)18-12-15-5-4-6-17(19)11-15/h4-11,13,18-19H,3,12H2,1-2H3/t13-/m1/s1. The third kappa shape index (κ3) is 3.83. The van der Waals surface area contributed by atoms with Crippen LogP contribution >= 0.6 is 0 Å². The number of phenolic OH excluding ortho intramolecular Hbond substituents is 1. The van der Waals surface area contributed by atoms with Crippen molar-refractivity contribution in [1.29, 1.82) is 0 Å². The third-order valence-corrected chi connectivity index (χ3v) is 3.41. The summed E-state index contributed by atoms with van der Waals surface area (Å²) in [5.41, 5.74) is 3.75. The lowest BCUT2D eigenvalue weighted by Crippen LogP contribution is -2.17. The van der Waals surface area contributed by atoms with Crippen molar-refractivity contribution in [3.05, 3.63) is 65.2 Å². The predicted octanol–water partition coefficient (Wildman–Crippen LogP) is 3.81. The molecule has 100 valence electrons. The van der Waals surface area contributed by atoms with Crippen LogP contribution in [-0.2, 0) is 13.0 Å². The second-order valence-electron chi connectivity index (χ2n) is 4.87. The van der Waals surface area contributed by atoms with E-state index in [1.807, 2.05) is 12.1 Å². The Morgan fingerprint density at radius 3 is 2.42 bits per heavy atom. The van der Waals surface area contributed by atoms with Gasteiger partial charge in [-0.25, -0.2) is 0 Å². The monoisotopic (exact) mass is 255 g/mol. The zero-order valence-corrected chi connectivity index (χ0v) is 11.6. The summed E-state index contributed by atoms with van der Waals surface area (Å²) in [5.74, 6) is 0.319. The lowest BCUT2D eigenvalue weighted by atomic mass is 10.0. The van der Waals surface area contributed by atoms with Crippen LogP contribution in [0.1, 0.15) is 36.6 Å². The summed E-state index contributed by atoms with van der Waals surface area (Å²) in [6, 6.07) is 16.4. The van der Waals surface area contributed by atoms with Gasteiger partial charge in [-0.2, -0.15) is 0 Å². The van der Waals surface area contributed by atoms with Gasteiger partial charge in [0.2, 0.25) is 0 Å². The minimum Gasteiger partial charge on any atom is -0.508 e. The fraction of sp³-hybridized carbons (Fsp3) is 0.294. The fourth-order valence-corrected chi connectivity index (χ4v) is 2.10. The summed E-state index contributed by atoms with van der Waals surface area (Å²) in [6.45, 7) is 5.08. The Balaban J connectivity index is 1.95. The molecule has 19 heavy (non-hydrogen) atoms. The summed E-state index contributed by atoms with van der Waals surface area (Å²) in [4.78, 5) is 0. The third-order valence-electron chi connectivity index (χ3n) is 3.41. The number of benzene rings is 2. The van der Waals surface area contributed by atoms with E-state index in [2.05, 4.69) is 43.4 Å². The van der Waals surface area contributed by atoms with Crippen molar-refractivity contribution in [1.82, 2.24) is 5.32 Å². The van der Waals surface area contributed by atoms with Crippen molar-refractivity contribution in [2.45, 2.75) is 32.9 Å². The lowest BCUT2D eigenvalue weighted by molar-refractivity contribution is 0.473. The maximum Gasteiger partial charge on any atom is 0.115 e. The highest BCUT2D eigenvalue weighted by atomic mass is 16.3. The van der Waals surface area contributed by atoms with Gasteiger partial charge in [0, 0.05) is 12.6 Å². The Labute approximate surface area is 115 Å². The molecule has 0 amide bonds. The smallest absolute Gasteiger partial charge is 0.115 e. The Morgan fingerprint density at radius 1 is 1.05 bits per heavy atom. The van der Waals surface area contributed by atoms with E-state index in [4.69, 9.17) is 0 Å². The molecule has 0 radical (unpaired) electrons. The Hall–Kier alpha value is -1.80. The summed E-state index contributed by atoms with van der Waals surface area (Å²) in [5, 5.41) is 12.9. The van der Waals surface area contributed by atoms with Crippen LogP contribution in [-0.4, -0.2) is 5.11 Å². The molecule has 0 fully saturated rings. The van der Waals surface area contributed by atoms with Gasteiger partial charge in [0.1, 0.15) is 5.75 Å². The topological polar surface area (TPSA) is 32.3 Å². The van der Waals surface area contributed by atoms with Gasteiger partial charge in [0.15, 0.2) is 0 Å². The minimum absolute atomic E-state index is 0.299. The number of hydrogen-bond donors (Lipinski definition) is 2. The van der Waals surface area contributed by atoms with E-state index in [-0.39, 0.29) is 0 Å². The largest absolute Gasteiger partial charge is 0.508 e. The van der Waals surface area contributed by atoms with Crippen LogP contribution in [0.15, 0.2) is 48.5 Å². The quantitative estimate of drug-likeness (QED) is 0.851. The predicted molar refractivity (Wildman–Crippen MR) is 79.2 cm³/mol. The normalized spacial score (nSPS) is 12.3. The number of phenols is 1. The molecule has 0 bridgehead atoms. The van der Waals surface area contributed by atoms with E-state index in [9.17, 15) is 5.11 Å². The van der Waals surface area contributed by atoms with Gasteiger partial charge in [-0.05, 0) is 42.2 Å². The van der Waals surface area contributed by atoms with E-state index >= 15 is 0 Å². The molecule has 0 unspecified atom stereocenters. The van der Waals surface area contributed by atoms with Crippen molar-refractivity contribution < 1.29 is 5.11 Å². The van der Waals surface area contributed by atoms with Crippen molar-refractivity contribution in [2.75, 3.05) is 0 Å². The van der Waals surface area contributed by atoms with Crippen molar-refractivity contribution in [3.63, 3.8) is 0 Å². The molecule has 0 heterocycles. The maximum absolute atomic E-state index is 9.43. The first-order valence-electron chi connectivity index (χ1n) is 6.79. The van der Waals surface area contributed by atoms with Gasteiger partial charge in [-0.15, -0.1) is 0 Å². The molecule has 0 spiro atoms. The SMILES string of the molecule is CCc1ccc([C@@H](C)NCc2cccc(O)c2)cc1. The fourth-order valence-electron chi connectivity index (χ4n) is 2.10. The number of nitrogens with one attached hydrogen (secondary N) is 1. The average molecular weight is 255 g/mol. The zero-order chi connectivity index (χ0) is 13.7. The molecular weight excluding hydrogens is 234 g/mol. The second-order valence-corrected chi connectivity index (χ2v) is 4.87. The Kier molecular flexibility index (Phi) is 4.58. The van der Waals surface area contributed by atoms with Gasteiger partial charge in [0.05, 0.1) is 0 Å². The molecule has 0 aliphatic heterocycles. The van der Waals surface area contributed by atoms with Crippen LogP contribution in [0.4, 0.5) is 0 Å². The molecule has 2 nitrogen and oxygen atoms in total. The van der Waals surface area contributed by atoms with Gasteiger partial charge in [-0.3, -0.25) is 0 Å². The van der Waals surface area contributed by atoms with Crippen LogP contribution in [0.3, 0.4) is 0 Å². The first-order chi connectivity index (χ1) is 9.19. The van der Waals surface area contributed by atoms with Gasteiger partial charge in [-0.1, -0.05) is 43.3 Å². The number of hydrogen-bond acceptors (Lipinski definition) is 2. The van der Waals surface area contributed by atoms with Gasteiger partial charge < -0.3 is 10.4 Å². The first-order valence-corrected chi connectivity index (χ1v) is 6.79. The molecule has 1 atom stereocenters. The van der Waals surface area contributed by atoms with E-state index in [1.54, 1.807) is 12.1 Å². The van der Waals surface area contributed by atoms with Gasteiger partial charge in [0.25, 0.3) is 0 Å². The zero-order valence-electron chi connectivity index (χ0n) is 11.6. The molecule has 2 heteroatoms. The highest BCUT2D eigenvalue weighted by Gasteiger charge is 2.04. The minimum atomic E-state index is 0.299. The second kappa shape index (κ2) is 6.39. The van der Waals surface area contributed by atoms with E-state index in [0.717, 1.165) is 18.5 Å². The molecule has 0 aliphatic carbocycles. The molecule has 2 rings (SSSR count). The van der Waals surface area contributed by atoms with Crippen LogP contribution in [0.5, 0.6) is 5.75 Å². The molecule has 0 aromatic heterocycles. The van der Waals surface area contributed by atoms with Crippen molar-refractivity contribution in [2.24, 2.45) is 0 Å². The van der Waals surface area contributed by atoms with Crippen LogP contribution in [0, 0.1) is 0 Å². The van der Waals surface area contributed by atoms with Crippen molar-refractivity contribution >= 4 is 0 Å². The number of aromatic hydroxyl groups is 1. The lowest BCUT2D eigenvalue weighted by Gasteiger charge is -2.15. The van der Waals surface area contributed by atoms with E-state index < -0.39 is 0 Å². The number of aryl methyl sites for hydroxylation is 1. The van der Waals surface area contributed by atoms with Gasteiger partial charge >= 0.3 is 0 Å². The van der Waals surface area contributed by atoms with Crippen LogP contribution in [0.2, 0.25) is 0 Å². The summed E-state index contributed by atoms with van der Waals surface area (Å²) >= 11 is 0. The molecule has 0 aliphatic rings. The molecular formula is C17H21NO. The molecule has 0 saturated carbocycles. The molecule has 0 saturated heterocycles. The van der Waals surface area contributed by atoms with Crippen molar-refractivity contribution in [3.8, 4) is 5.75 Å². The summed E-state index contributed by atoms with van der Waals surface area (Å²) < 4.78 is 0. The maximum atomic E-state index is 9.43. The summed E-state index contributed by atoms with van der Waals surface area (Å²) in [7, 11) is 0. The highest BCUT2D eigenvalue weighted by Crippen LogP contribution is 2.16. The molecule has 2 N–H and O–H groups in total. The van der Waals surface area contributed by atoms with Crippen LogP contribution in [0.25, 0.3) is 0 Å². The van der Waals surface area contributed by atoms with Crippen LogP contribution < -0.4 is 5.32 Å². The first kappa shape index (κ1) is 13.6. The highest BCUT2D eigenvalue weighted by molar-refractivity contribution is 5.28. The Morgan fingerprint density at radius 2 is 1.79 bits per heavy atom. The molecule has 2 aromatic carbocycles. The molecule has 2 aromatic rings. The number of rotatable bonds is 5. The Bertz CT molecular complexity index is 519.